The zero-order valence-electron chi connectivity index (χ0n) is 9.95. The Morgan fingerprint density at radius 1 is 1.47 bits per heavy atom. The largest absolute Gasteiger partial charge is 0.462 e. The lowest BCUT2D eigenvalue weighted by Gasteiger charge is -2.22. The number of hydrogen-bond acceptors (Lipinski definition) is 3. The summed E-state index contributed by atoms with van der Waals surface area (Å²) in [5, 5.41) is 8.79. The molecule has 0 saturated heterocycles. The molecule has 1 N–H and O–H groups in total. The number of rotatable bonds is 7. The molecule has 0 spiro atoms. The van der Waals surface area contributed by atoms with Crippen LogP contribution in [0, 0.1) is 5.41 Å². The molecule has 0 aliphatic heterocycles. The molecule has 0 unspecified atom stereocenters. The zero-order chi connectivity index (χ0) is 11.7. The van der Waals surface area contributed by atoms with E-state index in [-0.39, 0.29) is 18.0 Å². The van der Waals surface area contributed by atoms with Gasteiger partial charge in [0.05, 0.1) is 6.61 Å². The molecule has 0 aliphatic rings. The van der Waals surface area contributed by atoms with Crippen LogP contribution >= 0.6 is 0 Å². The Morgan fingerprint density at radius 3 is 2.67 bits per heavy atom. The van der Waals surface area contributed by atoms with Crippen LogP contribution in [-0.2, 0) is 9.53 Å². The average Bonchev–Trinajstić information content (AvgIpc) is 2.15. The van der Waals surface area contributed by atoms with Crippen molar-refractivity contribution in [2.75, 3.05) is 13.2 Å². The molecular weight excluding hydrogens is 192 g/mol. The van der Waals surface area contributed by atoms with Gasteiger partial charge in [-0.3, -0.25) is 0 Å². The summed E-state index contributed by atoms with van der Waals surface area (Å²) in [6, 6.07) is 0. The third kappa shape index (κ3) is 8.18. The van der Waals surface area contributed by atoms with Crippen molar-refractivity contribution in [3.63, 3.8) is 0 Å². The summed E-state index contributed by atoms with van der Waals surface area (Å²) >= 11 is 0. The van der Waals surface area contributed by atoms with Crippen molar-refractivity contribution >= 4 is 5.97 Å². The Balaban J connectivity index is 3.79. The molecule has 0 fully saturated rings. The number of hydrogen-bond donors (Lipinski definition) is 1. The number of ether oxygens (including phenoxy) is 1. The minimum absolute atomic E-state index is 0.121. The van der Waals surface area contributed by atoms with Gasteiger partial charge in [0, 0.05) is 18.1 Å². The van der Waals surface area contributed by atoms with E-state index in [2.05, 4.69) is 6.92 Å². The molecule has 0 aromatic carbocycles. The Labute approximate surface area is 92.1 Å². The van der Waals surface area contributed by atoms with Crippen molar-refractivity contribution in [1.29, 1.82) is 0 Å². The Morgan fingerprint density at radius 2 is 2.13 bits per heavy atom. The van der Waals surface area contributed by atoms with Crippen LogP contribution in [0.15, 0.2) is 12.2 Å². The van der Waals surface area contributed by atoms with Gasteiger partial charge in [-0.1, -0.05) is 33.3 Å². The molecule has 0 bridgehead atoms. The maximum absolute atomic E-state index is 11.2. The maximum Gasteiger partial charge on any atom is 0.330 e. The summed E-state index contributed by atoms with van der Waals surface area (Å²) < 4.78 is 5.07. The minimum Gasteiger partial charge on any atom is -0.462 e. The van der Waals surface area contributed by atoms with Gasteiger partial charge in [-0.2, -0.15) is 0 Å². The molecule has 0 radical (unpaired) electrons. The van der Waals surface area contributed by atoms with Crippen LogP contribution < -0.4 is 0 Å². The van der Waals surface area contributed by atoms with Crippen LogP contribution in [0.25, 0.3) is 0 Å². The summed E-state index contributed by atoms with van der Waals surface area (Å²) in [4.78, 5) is 11.2. The van der Waals surface area contributed by atoms with Crippen molar-refractivity contribution in [2.24, 2.45) is 5.41 Å². The monoisotopic (exact) mass is 214 g/mol. The summed E-state index contributed by atoms with van der Waals surface area (Å²) in [5.74, 6) is -0.297. The van der Waals surface area contributed by atoms with Crippen molar-refractivity contribution < 1.29 is 14.6 Å². The summed E-state index contributed by atoms with van der Waals surface area (Å²) in [6.45, 7) is 6.46. The first kappa shape index (κ1) is 14.2. The lowest BCUT2D eigenvalue weighted by Crippen LogP contribution is -2.22. The first-order valence-corrected chi connectivity index (χ1v) is 5.46. The van der Waals surface area contributed by atoms with Gasteiger partial charge in [0.15, 0.2) is 0 Å². The number of allylic oxidation sites excluding steroid dienone is 1. The van der Waals surface area contributed by atoms with Crippen LogP contribution in [0.5, 0.6) is 0 Å². The predicted molar refractivity (Wildman–Crippen MR) is 60.5 cm³/mol. The molecule has 0 heterocycles. The molecule has 88 valence electrons. The van der Waals surface area contributed by atoms with Crippen LogP contribution in [-0.4, -0.2) is 24.3 Å². The lowest BCUT2D eigenvalue weighted by molar-refractivity contribution is -0.141. The highest BCUT2D eigenvalue weighted by molar-refractivity contribution is 5.81. The molecule has 0 rings (SSSR count). The molecule has 0 aliphatic carbocycles. The number of aliphatic hydroxyl groups excluding tert-OH is 1. The fourth-order valence-electron chi connectivity index (χ4n) is 1.04. The van der Waals surface area contributed by atoms with Crippen LogP contribution in [0.3, 0.4) is 0 Å². The average molecular weight is 214 g/mol. The number of esters is 1. The number of aliphatic hydroxyl groups is 1. The predicted octanol–water partition coefficient (Wildman–Crippen LogP) is 2.29. The SMILES string of the molecule is CCC/C=C/C(=O)OCC(C)(C)CCO. The highest BCUT2D eigenvalue weighted by Gasteiger charge is 2.18. The highest BCUT2D eigenvalue weighted by Crippen LogP contribution is 2.19. The standard InChI is InChI=1S/C12H22O3/c1-4-5-6-7-11(14)15-10-12(2,3)8-9-13/h6-7,13H,4-5,8-10H2,1-3H3/b7-6+. The Bertz CT molecular complexity index is 207. The van der Waals surface area contributed by atoms with Crippen molar-refractivity contribution in [3.8, 4) is 0 Å². The number of carbonyl (C=O) groups is 1. The van der Waals surface area contributed by atoms with Crippen LogP contribution in [0.1, 0.15) is 40.0 Å². The number of carbonyl (C=O) groups excluding carboxylic acids is 1. The molecule has 0 aromatic rings. The van der Waals surface area contributed by atoms with E-state index in [1.54, 1.807) is 0 Å². The van der Waals surface area contributed by atoms with Gasteiger partial charge >= 0.3 is 5.97 Å². The fourth-order valence-corrected chi connectivity index (χ4v) is 1.04. The highest BCUT2D eigenvalue weighted by atomic mass is 16.5. The van der Waals surface area contributed by atoms with Gasteiger partial charge in [-0.15, -0.1) is 0 Å². The smallest absolute Gasteiger partial charge is 0.330 e. The van der Waals surface area contributed by atoms with Crippen LogP contribution in [0.2, 0.25) is 0 Å². The van der Waals surface area contributed by atoms with Gasteiger partial charge in [-0.05, 0) is 12.8 Å². The van der Waals surface area contributed by atoms with E-state index in [1.165, 1.54) is 6.08 Å². The van der Waals surface area contributed by atoms with Gasteiger partial charge in [0.25, 0.3) is 0 Å². The maximum atomic E-state index is 11.2. The van der Waals surface area contributed by atoms with Gasteiger partial charge < -0.3 is 9.84 Å². The van der Waals surface area contributed by atoms with Crippen LogP contribution in [0.4, 0.5) is 0 Å². The second kappa shape index (κ2) is 7.46. The summed E-state index contributed by atoms with van der Waals surface area (Å²) in [7, 11) is 0. The lowest BCUT2D eigenvalue weighted by atomic mass is 9.91. The topological polar surface area (TPSA) is 46.5 Å². The van der Waals surface area contributed by atoms with E-state index in [0.717, 1.165) is 12.8 Å². The molecule has 0 amide bonds. The third-order valence-corrected chi connectivity index (χ3v) is 2.10. The molecule has 3 nitrogen and oxygen atoms in total. The third-order valence-electron chi connectivity index (χ3n) is 2.10. The van der Waals surface area contributed by atoms with Gasteiger partial charge in [0.1, 0.15) is 0 Å². The van der Waals surface area contributed by atoms with E-state index < -0.39 is 0 Å². The molecule has 0 saturated carbocycles. The van der Waals surface area contributed by atoms with Crippen molar-refractivity contribution in [2.45, 2.75) is 40.0 Å². The second-order valence-electron chi connectivity index (χ2n) is 4.44. The fraction of sp³-hybridized carbons (Fsp3) is 0.750. The molecular formula is C12H22O3. The quantitative estimate of drug-likeness (QED) is 0.522. The van der Waals surface area contributed by atoms with E-state index in [4.69, 9.17) is 9.84 Å². The van der Waals surface area contributed by atoms with Gasteiger partial charge in [-0.25, -0.2) is 4.79 Å². The first-order chi connectivity index (χ1) is 7.02. The molecule has 0 aromatic heterocycles. The minimum atomic E-state index is -0.297. The summed E-state index contributed by atoms with van der Waals surface area (Å²) in [6.07, 6.45) is 5.85. The van der Waals surface area contributed by atoms with E-state index in [1.807, 2.05) is 19.9 Å². The molecule has 3 heteroatoms. The van der Waals surface area contributed by atoms with Gasteiger partial charge in [0.2, 0.25) is 0 Å². The van der Waals surface area contributed by atoms with Crippen molar-refractivity contribution in [3.05, 3.63) is 12.2 Å². The van der Waals surface area contributed by atoms with E-state index in [0.29, 0.717) is 13.0 Å². The van der Waals surface area contributed by atoms with E-state index in [9.17, 15) is 4.79 Å². The first-order valence-electron chi connectivity index (χ1n) is 5.46. The normalized spacial score (nSPS) is 12.0. The Hall–Kier alpha value is -0.830. The zero-order valence-corrected chi connectivity index (χ0v) is 9.95. The Kier molecular flexibility index (Phi) is 7.05. The van der Waals surface area contributed by atoms with E-state index >= 15 is 0 Å². The van der Waals surface area contributed by atoms with Crippen molar-refractivity contribution in [1.82, 2.24) is 0 Å². The molecule has 15 heavy (non-hydrogen) atoms. The number of unbranched alkanes of at least 4 members (excludes halogenated alkanes) is 1. The second-order valence-corrected chi connectivity index (χ2v) is 4.44. The summed E-state index contributed by atoms with van der Waals surface area (Å²) in [5.41, 5.74) is -0.150. The molecule has 0 atom stereocenters.